The number of fused-ring (bicyclic) bond motifs is 3. The average Bonchev–Trinajstić information content (AvgIpc) is 3.06. The Morgan fingerprint density at radius 2 is 2.15 bits per heavy atom. The Labute approximate surface area is 115 Å². The highest BCUT2D eigenvalue weighted by atomic mass is 15.3. The normalized spacial score (nSPS) is 16.1. The Kier molecular flexibility index (Phi) is 2.17. The molecular weight excluding hydrogens is 254 g/mol. The SMILES string of the molecule is Cn1nccc1-c1nc(N)nc2c1C=CC1=NCCN12. The minimum Gasteiger partial charge on any atom is -0.368 e. The number of hydrogen-bond donors (Lipinski definition) is 1. The molecule has 7 nitrogen and oxygen atoms in total. The summed E-state index contributed by atoms with van der Waals surface area (Å²) in [5.41, 5.74) is 8.56. The minimum absolute atomic E-state index is 0.265. The monoisotopic (exact) mass is 267 g/mol. The van der Waals surface area contributed by atoms with Gasteiger partial charge in [0.2, 0.25) is 5.95 Å². The zero-order valence-corrected chi connectivity index (χ0v) is 11.0. The lowest BCUT2D eigenvalue weighted by atomic mass is 10.1. The van der Waals surface area contributed by atoms with Gasteiger partial charge >= 0.3 is 0 Å². The van der Waals surface area contributed by atoms with E-state index in [9.17, 15) is 0 Å². The lowest BCUT2D eigenvalue weighted by molar-refractivity contribution is 0.773. The minimum atomic E-state index is 0.265. The largest absolute Gasteiger partial charge is 0.368 e. The van der Waals surface area contributed by atoms with E-state index in [0.717, 1.165) is 41.7 Å². The van der Waals surface area contributed by atoms with Crippen LogP contribution in [0.5, 0.6) is 0 Å². The number of amidine groups is 1. The first kappa shape index (κ1) is 11.2. The summed E-state index contributed by atoms with van der Waals surface area (Å²) in [5.74, 6) is 2.03. The van der Waals surface area contributed by atoms with Crippen LogP contribution in [0.3, 0.4) is 0 Å². The number of hydrogen-bond acceptors (Lipinski definition) is 6. The molecule has 2 N–H and O–H groups in total. The molecule has 2 aromatic rings. The third kappa shape index (κ3) is 1.46. The summed E-state index contributed by atoms with van der Waals surface area (Å²) in [6, 6.07) is 1.92. The lowest BCUT2D eigenvalue weighted by Crippen LogP contribution is -2.30. The number of nitrogens with two attached hydrogens (primary N) is 1. The fraction of sp³-hybridized carbons (Fsp3) is 0.231. The first-order valence-corrected chi connectivity index (χ1v) is 6.40. The standard InChI is InChI=1S/C13H13N7/c1-19-9(4-5-16-19)11-8-2-3-10-15-6-7-20(10)12(8)18-13(14)17-11/h2-5H,6-7H2,1H3,(H2,14,17,18). The molecule has 0 saturated carbocycles. The van der Waals surface area contributed by atoms with Gasteiger partial charge in [0.25, 0.3) is 0 Å². The van der Waals surface area contributed by atoms with Crippen molar-refractivity contribution in [1.82, 2.24) is 19.7 Å². The summed E-state index contributed by atoms with van der Waals surface area (Å²) in [5, 5.41) is 4.19. The zero-order valence-electron chi connectivity index (χ0n) is 11.0. The van der Waals surface area contributed by atoms with Gasteiger partial charge in [0.05, 0.1) is 12.2 Å². The smallest absolute Gasteiger partial charge is 0.222 e. The second kappa shape index (κ2) is 3.89. The van der Waals surface area contributed by atoms with E-state index in [1.165, 1.54) is 0 Å². The predicted molar refractivity (Wildman–Crippen MR) is 77.3 cm³/mol. The average molecular weight is 267 g/mol. The molecule has 0 atom stereocenters. The molecule has 7 heteroatoms. The third-order valence-corrected chi connectivity index (χ3v) is 3.54. The van der Waals surface area contributed by atoms with Crippen LogP contribution >= 0.6 is 0 Å². The second-order valence-electron chi connectivity index (χ2n) is 4.73. The van der Waals surface area contributed by atoms with Crippen molar-refractivity contribution in [2.45, 2.75) is 0 Å². The van der Waals surface area contributed by atoms with Crippen LogP contribution in [0.15, 0.2) is 23.3 Å². The van der Waals surface area contributed by atoms with Gasteiger partial charge in [0, 0.05) is 25.4 Å². The number of anilines is 2. The molecule has 2 aromatic heterocycles. The van der Waals surface area contributed by atoms with Gasteiger partial charge in [-0.05, 0) is 18.2 Å². The van der Waals surface area contributed by atoms with Crippen LogP contribution < -0.4 is 10.6 Å². The molecule has 0 aliphatic carbocycles. The fourth-order valence-electron chi connectivity index (χ4n) is 2.61. The molecule has 2 aliphatic heterocycles. The molecule has 0 saturated heterocycles. The second-order valence-corrected chi connectivity index (χ2v) is 4.73. The molecule has 0 amide bonds. The Morgan fingerprint density at radius 3 is 2.95 bits per heavy atom. The quantitative estimate of drug-likeness (QED) is 0.822. The van der Waals surface area contributed by atoms with Gasteiger partial charge in [0.1, 0.15) is 17.3 Å². The number of aromatic nitrogens is 4. The van der Waals surface area contributed by atoms with Crippen molar-refractivity contribution >= 4 is 23.7 Å². The van der Waals surface area contributed by atoms with Crippen molar-refractivity contribution in [2.75, 3.05) is 23.7 Å². The Morgan fingerprint density at radius 1 is 1.25 bits per heavy atom. The number of nitrogens with zero attached hydrogens (tertiary/aromatic N) is 6. The first-order valence-electron chi connectivity index (χ1n) is 6.40. The maximum atomic E-state index is 5.88. The van der Waals surface area contributed by atoms with Crippen molar-refractivity contribution in [2.24, 2.45) is 12.0 Å². The van der Waals surface area contributed by atoms with E-state index in [1.54, 1.807) is 10.9 Å². The third-order valence-electron chi connectivity index (χ3n) is 3.54. The highest BCUT2D eigenvalue weighted by Crippen LogP contribution is 2.34. The molecule has 0 spiro atoms. The number of rotatable bonds is 1. The maximum absolute atomic E-state index is 5.88. The number of nitrogen functional groups attached to an aromatic ring is 1. The molecule has 2 aliphatic rings. The summed E-state index contributed by atoms with van der Waals surface area (Å²) in [4.78, 5) is 15.3. The summed E-state index contributed by atoms with van der Waals surface area (Å²) < 4.78 is 1.78. The highest BCUT2D eigenvalue weighted by molar-refractivity contribution is 6.13. The van der Waals surface area contributed by atoms with Crippen LogP contribution in [0.1, 0.15) is 5.56 Å². The molecule has 0 bridgehead atoms. The van der Waals surface area contributed by atoms with E-state index in [0.29, 0.717) is 0 Å². The van der Waals surface area contributed by atoms with Gasteiger partial charge in [0.15, 0.2) is 0 Å². The Balaban J connectivity index is 1.98. The fourth-order valence-corrected chi connectivity index (χ4v) is 2.61. The van der Waals surface area contributed by atoms with Gasteiger partial charge in [-0.1, -0.05) is 0 Å². The molecule has 4 heterocycles. The molecule has 0 radical (unpaired) electrons. The van der Waals surface area contributed by atoms with Gasteiger partial charge in [-0.15, -0.1) is 0 Å². The summed E-state index contributed by atoms with van der Waals surface area (Å²) in [6.07, 6.45) is 5.74. The Bertz CT molecular complexity index is 756. The summed E-state index contributed by atoms with van der Waals surface area (Å²) >= 11 is 0. The predicted octanol–water partition coefficient (Wildman–Crippen LogP) is 0.705. The van der Waals surface area contributed by atoms with Crippen molar-refractivity contribution in [1.29, 1.82) is 0 Å². The van der Waals surface area contributed by atoms with E-state index >= 15 is 0 Å². The van der Waals surface area contributed by atoms with Crippen LogP contribution in [-0.4, -0.2) is 38.7 Å². The molecule has 20 heavy (non-hydrogen) atoms. The van der Waals surface area contributed by atoms with Crippen molar-refractivity contribution in [3.8, 4) is 11.4 Å². The van der Waals surface area contributed by atoms with E-state index in [-0.39, 0.29) is 5.95 Å². The molecule has 4 rings (SSSR count). The zero-order chi connectivity index (χ0) is 13.7. The van der Waals surface area contributed by atoms with E-state index in [1.807, 2.05) is 25.3 Å². The molecule has 0 fully saturated rings. The van der Waals surface area contributed by atoms with E-state index in [4.69, 9.17) is 5.73 Å². The highest BCUT2D eigenvalue weighted by Gasteiger charge is 2.27. The van der Waals surface area contributed by atoms with Crippen LogP contribution in [0, 0.1) is 0 Å². The van der Waals surface area contributed by atoms with E-state index in [2.05, 4.69) is 25.0 Å². The molecule has 100 valence electrons. The molecular formula is C13H13N7. The first-order chi connectivity index (χ1) is 9.74. The Hall–Kier alpha value is -2.70. The van der Waals surface area contributed by atoms with Crippen LogP contribution in [0.2, 0.25) is 0 Å². The van der Waals surface area contributed by atoms with Crippen molar-refractivity contribution in [3.63, 3.8) is 0 Å². The van der Waals surface area contributed by atoms with Crippen molar-refractivity contribution < 1.29 is 0 Å². The summed E-state index contributed by atoms with van der Waals surface area (Å²) in [7, 11) is 1.88. The lowest BCUT2D eigenvalue weighted by Gasteiger charge is -2.24. The van der Waals surface area contributed by atoms with Crippen molar-refractivity contribution in [3.05, 3.63) is 23.9 Å². The van der Waals surface area contributed by atoms with Gasteiger partial charge in [-0.2, -0.15) is 10.1 Å². The van der Waals surface area contributed by atoms with Gasteiger partial charge < -0.3 is 10.6 Å². The van der Waals surface area contributed by atoms with Crippen LogP contribution in [0.25, 0.3) is 17.5 Å². The van der Waals surface area contributed by atoms with Gasteiger partial charge in [-0.3, -0.25) is 9.67 Å². The molecule has 0 unspecified atom stereocenters. The number of aliphatic imine (C=N–C) groups is 1. The summed E-state index contributed by atoms with van der Waals surface area (Å²) in [6.45, 7) is 1.61. The van der Waals surface area contributed by atoms with Crippen LogP contribution in [0.4, 0.5) is 11.8 Å². The van der Waals surface area contributed by atoms with Crippen LogP contribution in [-0.2, 0) is 7.05 Å². The number of aryl methyl sites for hydroxylation is 1. The maximum Gasteiger partial charge on any atom is 0.222 e. The topological polar surface area (TPSA) is 85.2 Å². The van der Waals surface area contributed by atoms with Gasteiger partial charge in [-0.25, -0.2) is 4.98 Å². The molecule has 0 aromatic carbocycles. The van der Waals surface area contributed by atoms with E-state index < -0.39 is 0 Å².